The lowest BCUT2D eigenvalue weighted by atomic mass is 10.1. The van der Waals surface area contributed by atoms with E-state index >= 15 is 0 Å². The van der Waals surface area contributed by atoms with Gasteiger partial charge in [-0.3, -0.25) is 4.79 Å². The second-order valence-corrected chi connectivity index (χ2v) is 6.10. The zero-order chi connectivity index (χ0) is 18.5. The number of para-hydroxylation sites is 1. The van der Waals surface area contributed by atoms with Crippen LogP contribution in [0.25, 0.3) is 10.9 Å². The number of hydrogen-bond donors (Lipinski definition) is 2. The van der Waals surface area contributed by atoms with E-state index in [1.807, 2.05) is 37.4 Å². The fourth-order valence-electron chi connectivity index (χ4n) is 2.94. The Morgan fingerprint density at radius 2 is 2.00 bits per heavy atom. The summed E-state index contributed by atoms with van der Waals surface area (Å²) < 4.78 is 29.0. The monoisotopic (exact) mass is 358 g/mol. The number of amides is 1. The summed E-state index contributed by atoms with van der Waals surface area (Å²) in [5.74, 6) is -0.0136. The highest BCUT2D eigenvalue weighted by Gasteiger charge is 2.13. The molecule has 136 valence electrons. The van der Waals surface area contributed by atoms with Gasteiger partial charge in [0.2, 0.25) is 5.91 Å². The molecule has 3 rings (SSSR count). The number of alkyl halides is 2. The van der Waals surface area contributed by atoms with Gasteiger partial charge in [-0.1, -0.05) is 30.3 Å². The van der Waals surface area contributed by atoms with E-state index in [0.29, 0.717) is 18.4 Å². The van der Waals surface area contributed by atoms with Crippen molar-refractivity contribution in [1.29, 1.82) is 0 Å². The zero-order valence-electron chi connectivity index (χ0n) is 14.3. The summed E-state index contributed by atoms with van der Waals surface area (Å²) in [5.41, 5.74) is 2.85. The fraction of sp³-hybridized carbons (Fsp3) is 0.250. The van der Waals surface area contributed by atoms with Gasteiger partial charge in [0.15, 0.2) is 0 Å². The first kappa shape index (κ1) is 17.9. The van der Waals surface area contributed by atoms with Crippen LogP contribution in [-0.4, -0.2) is 17.5 Å². The van der Waals surface area contributed by atoms with Crippen molar-refractivity contribution in [3.63, 3.8) is 0 Å². The Morgan fingerprint density at radius 3 is 2.81 bits per heavy atom. The number of nitrogens with one attached hydrogen (secondary N) is 2. The van der Waals surface area contributed by atoms with Gasteiger partial charge in [0.25, 0.3) is 0 Å². The number of rotatable bonds is 7. The third kappa shape index (κ3) is 4.39. The molecular formula is C20H20F2N2O2. The van der Waals surface area contributed by atoms with E-state index in [-0.39, 0.29) is 17.7 Å². The van der Waals surface area contributed by atoms with Crippen LogP contribution in [0.5, 0.6) is 5.75 Å². The third-order valence-electron chi connectivity index (χ3n) is 4.26. The van der Waals surface area contributed by atoms with Gasteiger partial charge < -0.3 is 15.0 Å². The molecule has 1 aromatic heterocycles. The molecule has 0 fully saturated rings. The molecule has 0 aliphatic carbocycles. The highest BCUT2D eigenvalue weighted by molar-refractivity contribution is 5.84. The fourth-order valence-corrected chi connectivity index (χ4v) is 2.94. The third-order valence-corrected chi connectivity index (χ3v) is 4.26. The van der Waals surface area contributed by atoms with E-state index in [2.05, 4.69) is 15.0 Å². The summed E-state index contributed by atoms with van der Waals surface area (Å²) in [7, 11) is 0. The molecule has 1 atom stereocenters. The van der Waals surface area contributed by atoms with Crippen LogP contribution in [0.2, 0.25) is 0 Å². The number of carbonyl (C=O) groups is 1. The van der Waals surface area contributed by atoms with Gasteiger partial charge in [-0.2, -0.15) is 8.78 Å². The Balaban J connectivity index is 1.57. The summed E-state index contributed by atoms with van der Waals surface area (Å²) >= 11 is 0. The molecule has 4 nitrogen and oxygen atoms in total. The van der Waals surface area contributed by atoms with E-state index in [1.54, 1.807) is 12.1 Å². The van der Waals surface area contributed by atoms with Crippen LogP contribution in [0.15, 0.2) is 54.7 Å². The molecule has 6 heteroatoms. The van der Waals surface area contributed by atoms with E-state index in [9.17, 15) is 13.6 Å². The van der Waals surface area contributed by atoms with Crippen LogP contribution < -0.4 is 10.1 Å². The summed E-state index contributed by atoms with van der Waals surface area (Å²) in [6, 6.07) is 14.0. The van der Waals surface area contributed by atoms with Crippen LogP contribution in [0.3, 0.4) is 0 Å². The molecule has 1 heterocycles. The van der Waals surface area contributed by atoms with Crippen molar-refractivity contribution in [2.45, 2.75) is 32.4 Å². The number of aryl methyl sites for hydroxylation is 1. The normalized spacial score (nSPS) is 12.3. The van der Waals surface area contributed by atoms with Gasteiger partial charge >= 0.3 is 6.61 Å². The van der Waals surface area contributed by atoms with Crippen molar-refractivity contribution in [2.75, 3.05) is 0 Å². The maximum Gasteiger partial charge on any atom is 0.387 e. The highest BCUT2D eigenvalue weighted by Crippen LogP contribution is 2.22. The van der Waals surface area contributed by atoms with E-state index < -0.39 is 6.61 Å². The van der Waals surface area contributed by atoms with Gasteiger partial charge in [0, 0.05) is 23.5 Å². The second-order valence-electron chi connectivity index (χ2n) is 6.10. The minimum absolute atomic E-state index is 0.0809. The molecule has 1 unspecified atom stereocenters. The molecule has 0 saturated carbocycles. The number of fused-ring (bicyclic) bond motifs is 1. The molecule has 0 radical (unpaired) electrons. The van der Waals surface area contributed by atoms with Gasteiger partial charge in [-0.05, 0) is 42.7 Å². The molecule has 0 aliphatic rings. The summed E-state index contributed by atoms with van der Waals surface area (Å²) in [6.07, 6.45) is 2.89. The van der Waals surface area contributed by atoms with Crippen LogP contribution in [0, 0.1) is 0 Å². The second kappa shape index (κ2) is 7.99. The van der Waals surface area contributed by atoms with Crippen molar-refractivity contribution in [3.8, 4) is 5.75 Å². The van der Waals surface area contributed by atoms with E-state index in [4.69, 9.17) is 0 Å². The minimum Gasteiger partial charge on any atom is -0.435 e. The first-order valence-electron chi connectivity index (χ1n) is 8.42. The maximum absolute atomic E-state index is 12.3. The SMILES string of the molecule is CC(NC(=O)CCc1c[nH]c2ccccc12)c1cccc(OC(F)F)c1. The molecule has 0 bridgehead atoms. The van der Waals surface area contributed by atoms with E-state index in [1.165, 1.54) is 12.1 Å². The maximum atomic E-state index is 12.3. The quantitative estimate of drug-likeness (QED) is 0.650. The zero-order valence-corrected chi connectivity index (χ0v) is 14.3. The molecule has 2 N–H and O–H groups in total. The first-order valence-corrected chi connectivity index (χ1v) is 8.42. The lowest BCUT2D eigenvalue weighted by Gasteiger charge is -2.15. The van der Waals surface area contributed by atoms with Crippen molar-refractivity contribution in [2.24, 2.45) is 0 Å². The Morgan fingerprint density at radius 1 is 1.19 bits per heavy atom. The summed E-state index contributed by atoms with van der Waals surface area (Å²) in [4.78, 5) is 15.4. The van der Waals surface area contributed by atoms with Crippen molar-refractivity contribution in [3.05, 3.63) is 65.9 Å². The number of benzene rings is 2. The number of ether oxygens (including phenoxy) is 1. The minimum atomic E-state index is -2.87. The predicted molar refractivity (Wildman–Crippen MR) is 96.3 cm³/mol. The standard InChI is InChI=1S/C20H20F2N2O2/c1-13(14-5-4-6-16(11-14)26-20(21)22)24-19(25)10-9-15-12-23-18-8-3-2-7-17(15)18/h2-8,11-13,20,23H,9-10H2,1H3,(H,24,25). The van der Waals surface area contributed by atoms with Crippen molar-refractivity contribution >= 4 is 16.8 Å². The number of hydrogen-bond acceptors (Lipinski definition) is 2. The number of carbonyl (C=O) groups excluding carboxylic acids is 1. The van der Waals surface area contributed by atoms with Gasteiger partial charge in [-0.25, -0.2) is 0 Å². The smallest absolute Gasteiger partial charge is 0.387 e. The van der Waals surface area contributed by atoms with Crippen molar-refractivity contribution < 1.29 is 18.3 Å². The van der Waals surface area contributed by atoms with Crippen molar-refractivity contribution in [1.82, 2.24) is 10.3 Å². The number of H-pyrrole nitrogens is 1. The van der Waals surface area contributed by atoms with E-state index in [0.717, 1.165) is 16.5 Å². The van der Waals surface area contributed by atoms with Crippen LogP contribution >= 0.6 is 0 Å². The first-order chi connectivity index (χ1) is 12.5. The predicted octanol–water partition coefficient (Wildman–Crippen LogP) is 4.58. The van der Waals surface area contributed by atoms with Gasteiger partial charge in [0.05, 0.1) is 6.04 Å². The Hall–Kier alpha value is -2.89. The number of halogens is 2. The Labute approximate surface area is 150 Å². The molecule has 1 amide bonds. The van der Waals surface area contributed by atoms with Crippen LogP contribution in [0.4, 0.5) is 8.78 Å². The summed E-state index contributed by atoms with van der Waals surface area (Å²) in [6.45, 7) is -1.06. The lowest BCUT2D eigenvalue weighted by Crippen LogP contribution is -2.26. The van der Waals surface area contributed by atoms with Crippen LogP contribution in [-0.2, 0) is 11.2 Å². The molecule has 26 heavy (non-hydrogen) atoms. The highest BCUT2D eigenvalue weighted by atomic mass is 19.3. The summed E-state index contributed by atoms with van der Waals surface area (Å²) in [5, 5.41) is 4.01. The molecular weight excluding hydrogens is 338 g/mol. The molecule has 0 saturated heterocycles. The van der Waals surface area contributed by atoms with Crippen LogP contribution in [0.1, 0.15) is 30.5 Å². The molecule has 2 aromatic carbocycles. The largest absolute Gasteiger partial charge is 0.435 e. The molecule has 3 aromatic rings. The van der Waals surface area contributed by atoms with Gasteiger partial charge in [0.1, 0.15) is 5.75 Å². The number of aromatic amines is 1. The average Bonchev–Trinajstić information content (AvgIpc) is 3.03. The lowest BCUT2D eigenvalue weighted by molar-refractivity contribution is -0.121. The van der Waals surface area contributed by atoms with Gasteiger partial charge in [-0.15, -0.1) is 0 Å². The Bertz CT molecular complexity index is 892. The Kier molecular flexibility index (Phi) is 5.51. The topological polar surface area (TPSA) is 54.1 Å². The number of aromatic nitrogens is 1. The molecule has 0 aliphatic heterocycles. The average molecular weight is 358 g/mol. The molecule has 0 spiro atoms.